The molecule has 1 aromatic heterocycles. The van der Waals surface area contributed by atoms with Crippen molar-refractivity contribution in [2.45, 2.75) is 46.3 Å². The average Bonchev–Trinajstić information content (AvgIpc) is 3.01. The number of thiazole rings is 1. The summed E-state index contributed by atoms with van der Waals surface area (Å²) in [5, 5.41) is 5.73. The van der Waals surface area contributed by atoms with Gasteiger partial charge in [0, 0.05) is 12.3 Å². The first-order valence-corrected chi connectivity index (χ1v) is 8.78. The van der Waals surface area contributed by atoms with E-state index in [9.17, 15) is 9.59 Å². The summed E-state index contributed by atoms with van der Waals surface area (Å²) in [6.07, 6.45) is 0.962. The fourth-order valence-electron chi connectivity index (χ4n) is 2.25. The Morgan fingerprint density at radius 2 is 2.00 bits per heavy atom. The number of nitrogens with one attached hydrogen (secondary N) is 1. The van der Waals surface area contributed by atoms with E-state index < -0.39 is 6.04 Å². The standard InChI is InChI=1S/C18H22N2O3S/c1-4-17-20-15(11-24-17)10-23-18(22)9-16(19-13(3)21)14-7-5-12(2)6-8-14/h5-8,11,16H,4,9-10H2,1-3H3,(H,19,21)/t16-/m0/s1. The van der Waals surface area contributed by atoms with E-state index in [1.54, 1.807) is 11.3 Å². The van der Waals surface area contributed by atoms with Gasteiger partial charge in [-0.05, 0) is 18.9 Å². The topological polar surface area (TPSA) is 68.3 Å². The minimum absolute atomic E-state index is 0.0907. The van der Waals surface area contributed by atoms with Crippen LogP contribution >= 0.6 is 11.3 Å². The minimum atomic E-state index is -0.391. The highest BCUT2D eigenvalue weighted by Crippen LogP contribution is 2.19. The molecule has 0 unspecified atom stereocenters. The fourth-order valence-corrected chi connectivity index (χ4v) is 2.98. The van der Waals surface area contributed by atoms with Crippen molar-refractivity contribution in [2.75, 3.05) is 0 Å². The van der Waals surface area contributed by atoms with Crippen molar-refractivity contribution in [1.29, 1.82) is 0 Å². The summed E-state index contributed by atoms with van der Waals surface area (Å²) in [5.74, 6) is -0.541. The molecular formula is C18H22N2O3S. The average molecular weight is 346 g/mol. The van der Waals surface area contributed by atoms with Crippen molar-refractivity contribution in [3.8, 4) is 0 Å². The van der Waals surface area contributed by atoms with Crippen LogP contribution in [0, 0.1) is 6.92 Å². The molecule has 0 spiro atoms. The molecule has 1 atom stereocenters. The largest absolute Gasteiger partial charge is 0.459 e. The Kier molecular flexibility index (Phi) is 6.49. The van der Waals surface area contributed by atoms with Gasteiger partial charge in [0.2, 0.25) is 5.91 Å². The second kappa shape index (κ2) is 8.59. The summed E-state index contributed by atoms with van der Waals surface area (Å²) in [7, 11) is 0. The molecule has 0 saturated carbocycles. The predicted molar refractivity (Wildman–Crippen MR) is 93.6 cm³/mol. The Morgan fingerprint density at radius 3 is 2.58 bits per heavy atom. The molecule has 1 N–H and O–H groups in total. The highest BCUT2D eigenvalue weighted by molar-refractivity contribution is 7.09. The number of esters is 1. The maximum atomic E-state index is 12.1. The van der Waals surface area contributed by atoms with E-state index in [0.717, 1.165) is 28.2 Å². The van der Waals surface area contributed by atoms with Gasteiger partial charge in [-0.25, -0.2) is 4.98 Å². The van der Waals surface area contributed by atoms with Crippen molar-refractivity contribution < 1.29 is 14.3 Å². The first kappa shape index (κ1) is 18.1. The number of carbonyl (C=O) groups is 2. The van der Waals surface area contributed by atoms with Gasteiger partial charge in [-0.1, -0.05) is 36.8 Å². The van der Waals surface area contributed by atoms with Crippen molar-refractivity contribution in [2.24, 2.45) is 0 Å². The molecule has 128 valence electrons. The normalized spacial score (nSPS) is 11.8. The third kappa shape index (κ3) is 5.45. The molecule has 1 amide bonds. The third-order valence-corrected chi connectivity index (χ3v) is 4.55. The molecule has 0 aliphatic rings. The van der Waals surface area contributed by atoms with Crippen molar-refractivity contribution >= 4 is 23.2 Å². The van der Waals surface area contributed by atoms with Crippen LogP contribution in [0.2, 0.25) is 0 Å². The van der Waals surface area contributed by atoms with Crippen LogP contribution in [0.4, 0.5) is 0 Å². The Labute approximate surface area is 146 Å². The highest BCUT2D eigenvalue weighted by Gasteiger charge is 2.18. The molecule has 0 aliphatic heterocycles. The SMILES string of the molecule is CCc1nc(COC(=O)C[C@H](NC(C)=O)c2ccc(C)cc2)cs1. The molecule has 0 bridgehead atoms. The Bertz CT molecular complexity index is 695. The summed E-state index contributed by atoms with van der Waals surface area (Å²) in [5.41, 5.74) is 2.77. The van der Waals surface area contributed by atoms with Gasteiger partial charge in [0.25, 0.3) is 0 Å². The molecule has 0 aliphatic carbocycles. The monoisotopic (exact) mass is 346 g/mol. The van der Waals surface area contributed by atoms with Crippen LogP contribution in [0.1, 0.15) is 48.1 Å². The van der Waals surface area contributed by atoms with Gasteiger partial charge in [-0.15, -0.1) is 11.3 Å². The zero-order valence-electron chi connectivity index (χ0n) is 14.2. The summed E-state index contributed by atoms with van der Waals surface area (Å²) < 4.78 is 5.30. The van der Waals surface area contributed by atoms with Crippen LogP contribution in [0.3, 0.4) is 0 Å². The molecule has 24 heavy (non-hydrogen) atoms. The number of benzene rings is 1. The van der Waals surface area contributed by atoms with Crippen LogP contribution in [0.5, 0.6) is 0 Å². The molecule has 5 nitrogen and oxygen atoms in total. The van der Waals surface area contributed by atoms with Crippen LogP contribution in [0.25, 0.3) is 0 Å². The smallest absolute Gasteiger partial charge is 0.308 e. The van der Waals surface area contributed by atoms with Gasteiger partial charge in [0.1, 0.15) is 6.61 Å². The van der Waals surface area contributed by atoms with E-state index in [0.29, 0.717) is 0 Å². The molecule has 1 aromatic carbocycles. The van der Waals surface area contributed by atoms with Gasteiger partial charge in [0.15, 0.2) is 0 Å². The van der Waals surface area contributed by atoms with E-state index in [2.05, 4.69) is 10.3 Å². The van der Waals surface area contributed by atoms with Gasteiger partial charge in [0.05, 0.1) is 23.2 Å². The molecular weight excluding hydrogens is 324 g/mol. The van der Waals surface area contributed by atoms with Gasteiger partial charge < -0.3 is 10.1 Å². The van der Waals surface area contributed by atoms with Crippen LogP contribution in [-0.4, -0.2) is 16.9 Å². The Morgan fingerprint density at radius 1 is 1.29 bits per heavy atom. The van der Waals surface area contributed by atoms with Crippen LogP contribution < -0.4 is 5.32 Å². The number of hydrogen-bond donors (Lipinski definition) is 1. The summed E-state index contributed by atoms with van der Waals surface area (Å²) >= 11 is 1.56. The third-order valence-electron chi connectivity index (χ3n) is 3.51. The summed E-state index contributed by atoms with van der Waals surface area (Å²) in [6, 6.07) is 7.35. The summed E-state index contributed by atoms with van der Waals surface area (Å²) in [4.78, 5) is 27.9. The molecule has 0 fully saturated rings. The lowest BCUT2D eigenvalue weighted by Crippen LogP contribution is -2.28. The lowest BCUT2D eigenvalue weighted by Gasteiger charge is -2.17. The maximum absolute atomic E-state index is 12.1. The maximum Gasteiger partial charge on any atom is 0.308 e. The zero-order chi connectivity index (χ0) is 17.5. The van der Waals surface area contributed by atoms with Crippen molar-refractivity contribution in [3.63, 3.8) is 0 Å². The van der Waals surface area contributed by atoms with Gasteiger partial charge in [-0.2, -0.15) is 0 Å². The van der Waals surface area contributed by atoms with E-state index in [4.69, 9.17) is 4.74 Å². The second-order valence-corrected chi connectivity index (χ2v) is 6.56. The Hall–Kier alpha value is -2.21. The second-order valence-electron chi connectivity index (χ2n) is 5.61. The van der Waals surface area contributed by atoms with Crippen LogP contribution in [0.15, 0.2) is 29.6 Å². The number of nitrogens with zero attached hydrogens (tertiary/aromatic N) is 1. The first-order valence-electron chi connectivity index (χ1n) is 7.90. The van der Waals surface area contributed by atoms with E-state index in [1.165, 1.54) is 6.92 Å². The lowest BCUT2D eigenvalue weighted by molar-refractivity contribution is -0.145. The molecule has 2 aromatic rings. The quantitative estimate of drug-likeness (QED) is 0.781. The summed E-state index contributed by atoms with van der Waals surface area (Å²) in [6.45, 7) is 5.63. The van der Waals surface area contributed by atoms with Crippen molar-refractivity contribution in [1.82, 2.24) is 10.3 Å². The number of amides is 1. The van der Waals surface area contributed by atoms with Gasteiger partial charge in [-0.3, -0.25) is 9.59 Å². The number of ether oxygens (including phenoxy) is 1. The van der Waals surface area contributed by atoms with E-state index in [1.807, 2.05) is 43.5 Å². The van der Waals surface area contributed by atoms with E-state index in [-0.39, 0.29) is 24.9 Å². The molecule has 0 saturated heterocycles. The number of hydrogen-bond acceptors (Lipinski definition) is 5. The Balaban J connectivity index is 1.96. The minimum Gasteiger partial charge on any atom is -0.459 e. The van der Waals surface area contributed by atoms with Crippen LogP contribution in [-0.2, 0) is 27.4 Å². The molecule has 0 radical (unpaired) electrons. The molecule has 1 heterocycles. The molecule has 6 heteroatoms. The number of carbonyl (C=O) groups excluding carboxylic acids is 2. The van der Waals surface area contributed by atoms with E-state index >= 15 is 0 Å². The number of rotatable bonds is 7. The highest BCUT2D eigenvalue weighted by atomic mass is 32.1. The fraction of sp³-hybridized carbons (Fsp3) is 0.389. The van der Waals surface area contributed by atoms with Gasteiger partial charge >= 0.3 is 5.97 Å². The lowest BCUT2D eigenvalue weighted by atomic mass is 10.0. The number of aryl methyl sites for hydroxylation is 2. The number of aromatic nitrogens is 1. The zero-order valence-corrected chi connectivity index (χ0v) is 15.0. The predicted octanol–water partition coefficient (Wildman–Crippen LogP) is 3.32. The van der Waals surface area contributed by atoms with Crippen molar-refractivity contribution in [3.05, 3.63) is 51.5 Å². The molecule has 2 rings (SSSR count). The first-order chi connectivity index (χ1) is 11.5.